The number of halogens is 2. The molecule has 0 radical (unpaired) electrons. The number of carbonyl (C=O) groups excluding carboxylic acids is 3. The van der Waals surface area contributed by atoms with E-state index in [2.05, 4.69) is 5.32 Å². The summed E-state index contributed by atoms with van der Waals surface area (Å²) in [6.45, 7) is 3.58. The monoisotopic (exact) mass is 420 g/mol. The SMILES string of the molecule is CCOc1ccc(C(=O)CN2C(=O)NC(C)(c3ccc(Cl)c(Cl)c3)C2=O)cc1. The summed E-state index contributed by atoms with van der Waals surface area (Å²) in [5, 5.41) is 3.25. The molecule has 3 amide bonds. The normalized spacial score (nSPS) is 18.9. The lowest BCUT2D eigenvalue weighted by atomic mass is 9.92. The number of carbonyl (C=O) groups is 3. The molecule has 1 fully saturated rings. The maximum absolute atomic E-state index is 12.9. The predicted octanol–water partition coefficient (Wildman–Crippen LogP) is 4.04. The fourth-order valence-electron chi connectivity index (χ4n) is 2.98. The number of ether oxygens (including phenoxy) is 1. The van der Waals surface area contributed by atoms with Crippen LogP contribution in [0, 0.1) is 0 Å². The number of hydrogen-bond acceptors (Lipinski definition) is 4. The molecular formula is C20H18Cl2N2O4. The Morgan fingerprint density at radius 3 is 2.39 bits per heavy atom. The average molecular weight is 421 g/mol. The number of Topliss-reactive ketones (excluding diaryl/α,β-unsaturated/α-hetero) is 1. The third kappa shape index (κ3) is 3.70. The molecule has 0 spiro atoms. The van der Waals surface area contributed by atoms with E-state index in [0.717, 1.165) is 4.90 Å². The van der Waals surface area contributed by atoms with Crippen molar-refractivity contribution in [1.82, 2.24) is 10.2 Å². The van der Waals surface area contributed by atoms with Crippen molar-refractivity contribution in [3.05, 3.63) is 63.6 Å². The zero-order valence-corrected chi connectivity index (χ0v) is 16.8. The predicted molar refractivity (Wildman–Crippen MR) is 106 cm³/mol. The van der Waals surface area contributed by atoms with Gasteiger partial charge in [0.15, 0.2) is 5.78 Å². The van der Waals surface area contributed by atoms with E-state index in [4.69, 9.17) is 27.9 Å². The molecule has 8 heteroatoms. The van der Waals surface area contributed by atoms with E-state index in [1.165, 1.54) is 6.07 Å². The van der Waals surface area contributed by atoms with E-state index >= 15 is 0 Å². The van der Waals surface area contributed by atoms with Gasteiger partial charge in [-0.1, -0.05) is 29.3 Å². The molecule has 0 aromatic heterocycles. The van der Waals surface area contributed by atoms with Crippen LogP contribution >= 0.6 is 23.2 Å². The maximum Gasteiger partial charge on any atom is 0.325 e. The highest BCUT2D eigenvalue weighted by Gasteiger charge is 2.49. The molecule has 146 valence electrons. The van der Waals surface area contributed by atoms with Crippen molar-refractivity contribution in [2.45, 2.75) is 19.4 Å². The molecule has 0 aliphatic carbocycles. The summed E-state index contributed by atoms with van der Waals surface area (Å²) in [4.78, 5) is 38.8. The second kappa shape index (κ2) is 7.81. The molecule has 2 aromatic rings. The van der Waals surface area contributed by atoms with Gasteiger partial charge in [-0.15, -0.1) is 0 Å². The molecule has 1 heterocycles. The fraction of sp³-hybridized carbons (Fsp3) is 0.250. The van der Waals surface area contributed by atoms with E-state index in [0.29, 0.717) is 28.5 Å². The highest BCUT2D eigenvalue weighted by Crippen LogP contribution is 2.33. The fourth-order valence-corrected chi connectivity index (χ4v) is 3.28. The van der Waals surface area contributed by atoms with Gasteiger partial charge in [-0.2, -0.15) is 0 Å². The highest BCUT2D eigenvalue weighted by atomic mass is 35.5. The smallest absolute Gasteiger partial charge is 0.325 e. The van der Waals surface area contributed by atoms with Gasteiger partial charge in [0.1, 0.15) is 11.3 Å². The van der Waals surface area contributed by atoms with Crippen molar-refractivity contribution in [2.24, 2.45) is 0 Å². The molecule has 1 aliphatic rings. The minimum Gasteiger partial charge on any atom is -0.494 e. The van der Waals surface area contributed by atoms with Crippen molar-refractivity contribution in [1.29, 1.82) is 0 Å². The Morgan fingerprint density at radius 2 is 1.79 bits per heavy atom. The van der Waals surface area contributed by atoms with Gasteiger partial charge < -0.3 is 10.1 Å². The first-order valence-corrected chi connectivity index (χ1v) is 9.37. The zero-order valence-electron chi connectivity index (χ0n) is 15.3. The zero-order chi connectivity index (χ0) is 20.5. The molecule has 1 unspecified atom stereocenters. The molecule has 1 atom stereocenters. The van der Waals surface area contributed by atoms with Gasteiger partial charge in [0.05, 0.1) is 23.2 Å². The van der Waals surface area contributed by atoms with E-state index < -0.39 is 17.5 Å². The number of benzene rings is 2. The van der Waals surface area contributed by atoms with Crippen LogP contribution in [0.1, 0.15) is 29.8 Å². The Bertz CT molecular complexity index is 946. The van der Waals surface area contributed by atoms with Crippen LogP contribution in [0.15, 0.2) is 42.5 Å². The summed E-state index contributed by atoms with van der Waals surface area (Å²) in [5.74, 6) is -0.249. The van der Waals surface area contributed by atoms with E-state index in [1.807, 2.05) is 6.92 Å². The molecule has 3 rings (SSSR count). The van der Waals surface area contributed by atoms with Crippen LogP contribution in [0.5, 0.6) is 5.75 Å². The number of imide groups is 1. The maximum atomic E-state index is 12.9. The van der Waals surface area contributed by atoms with Gasteiger partial charge in [-0.05, 0) is 55.8 Å². The first kappa shape index (κ1) is 20.2. The van der Waals surface area contributed by atoms with Gasteiger partial charge in [-0.25, -0.2) is 4.79 Å². The molecule has 6 nitrogen and oxygen atoms in total. The van der Waals surface area contributed by atoms with Gasteiger partial charge in [-0.3, -0.25) is 14.5 Å². The lowest BCUT2D eigenvalue weighted by molar-refractivity contribution is -0.130. The van der Waals surface area contributed by atoms with Gasteiger partial charge in [0.2, 0.25) is 0 Å². The molecule has 2 aromatic carbocycles. The van der Waals surface area contributed by atoms with E-state index in [1.54, 1.807) is 43.3 Å². The molecule has 0 saturated carbocycles. The second-order valence-corrected chi connectivity index (χ2v) is 7.27. The Hall–Kier alpha value is -2.57. The first-order valence-electron chi connectivity index (χ1n) is 8.62. The molecule has 28 heavy (non-hydrogen) atoms. The van der Waals surface area contributed by atoms with Crippen molar-refractivity contribution >= 4 is 40.9 Å². The Kier molecular flexibility index (Phi) is 5.63. The number of amides is 3. The quantitative estimate of drug-likeness (QED) is 0.564. The number of nitrogens with one attached hydrogen (secondary N) is 1. The van der Waals surface area contributed by atoms with Crippen molar-refractivity contribution in [3.63, 3.8) is 0 Å². The third-order valence-corrected chi connectivity index (χ3v) is 5.30. The summed E-state index contributed by atoms with van der Waals surface area (Å²) >= 11 is 12.0. The van der Waals surface area contributed by atoms with Crippen LogP contribution < -0.4 is 10.1 Å². The number of hydrogen-bond donors (Lipinski definition) is 1. The van der Waals surface area contributed by atoms with E-state index in [9.17, 15) is 14.4 Å². The van der Waals surface area contributed by atoms with Crippen molar-refractivity contribution in [2.75, 3.05) is 13.2 Å². The van der Waals surface area contributed by atoms with Crippen LogP contribution in [0.4, 0.5) is 4.79 Å². The largest absolute Gasteiger partial charge is 0.494 e. The van der Waals surface area contributed by atoms with E-state index in [-0.39, 0.29) is 17.4 Å². The summed E-state index contributed by atoms with van der Waals surface area (Å²) in [6, 6.07) is 10.6. The highest BCUT2D eigenvalue weighted by molar-refractivity contribution is 6.42. The third-order valence-electron chi connectivity index (χ3n) is 4.56. The lowest BCUT2D eigenvalue weighted by Crippen LogP contribution is -2.41. The first-order chi connectivity index (χ1) is 13.3. The van der Waals surface area contributed by atoms with Gasteiger partial charge in [0.25, 0.3) is 5.91 Å². The van der Waals surface area contributed by atoms with Crippen LogP contribution in [-0.4, -0.2) is 35.8 Å². The number of urea groups is 1. The Morgan fingerprint density at radius 1 is 1.11 bits per heavy atom. The average Bonchev–Trinajstić information content (AvgIpc) is 2.89. The van der Waals surface area contributed by atoms with Crippen LogP contribution in [0.2, 0.25) is 10.0 Å². The molecule has 1 N–H and O–H groups in total. The second-order valence-electron chi connectivity index (χ2n) is 6.46. The van der Waals surface area contributed by atoms with Crippen LogP contribution in [0.25, 0.3) is 0 Å². The van der Waals surface area contributed by atoms with Crippen LogP contribution in [-0.2, 0) is 10.3 Å². The van der Waals surface area contributed by atoms with Crippen molar-refractivity contribution in [3.8, 4) is 5.75 Å². The Balaban J connectivity index is 1.79. The summed E-state index contributed by atoms with van der Waals surface area (Å²) in [6.07, 6.45) is 0. The van der Waals surface area contributed by atoms with Gasteiger partial charge >= 0.3 is 6.03 Å². The molecule has 1 saturated heterocycles. The topological polar surface area (TPSA) is 75.7 Å². The lowest BCUT2D eigenvalue weighted by Gasteiger charge is -2.22. The number of ketones is 1. The number of nitrogens with zero attached hydrogens (tertiary/aromatic N) is 1. The minimum atomic E-state index is -1.33. The minimum absolute atomic E-state index is 0.270. The van der Waals surface area contributed by atoms with Crippen molar-refractivity contribution < 1.29 is 19.1 Å². The number of rotatable bonds is 6. The summed E-state index contributed by atoms with van der Waals surface area (Å²) in [7, 11) is 0. The molecule has 1 aliphatic heterocycles. The summed E-state index contributed by atoms with van der Waals surface area (Å²) in [5.41, 5.74) is -0.465. The standard InChI is InChI=1S/C20H18Cl2N2O4/c1-3-28-14-7-4-12(5-8-14)17(25)11-24-18(26)20(2,23-19(24)27)13-6-9-15(21)16(22)10-13/h4-10H,3,11H2,1-2H3,(H,23,27). The summed E-state index contributed by atoms with van der Waals surface area (Å²) < 4.78 is 5.34. The Labute approximate surface area is 172 Å². The van der Waals surface area contributed by atoms with Crippen LogP contribution in [0.3, 0.4) is 0 Å². The molecule has 0 bridgehead atoms. The van der Waals surface area contributed by atoms with Gasteiger partial charge in [0, 0.05) is 5.56 Å². The molecular weight excluding hydrogens is 403 g/mol.